The zero-order chi connectivity index (χ0) is 14.3. The van der Waals surface area contributed by atoms with Gasteiger partial charge in [0.2, 0.25) is 5.91 Å². The Kier molecular flexibility index (Phi) is 6.55. The van der Waals surface area contributed by atoms with E-state index in [2.05, 4.69) is 43.5 Å². The summed E-state index contributed by atoms with van der Waals surface area (Å²) in [4.78, 5) is 21.6. The molecule has 6 nitrogen and oxygen atoms in total. The van der Waals surface area contributed by atoms with Gasteiger partial charge < -0.3 is 15.5 Å². The number of amides is 1. The molecule has 19 heavy (non-hydrogen) atoms. The van der Waals surface area contributed by atoms with E-state index in [0.717, 1.165) is 29.1 Å². The predicted octanol–water partition coefficient (Wildman–Crippen LogP) is 1.63. The Labute approximate surface area is 122 Å². The fourth-order valence-corrected chi connectivity index (χ4v) is 2.14. The third-order valence-electron chi connectivity index (χ3n) is 2.63. The van der Waals surface area contributed by atoms with E-state index in [1.807, 2.05) is 11.9 Å². The summed E-state index contributed by atoms with van der Waals surface area (Å²) in [5.74, 6) is 1.57. The van der Waals surface area contributed by atoms with Crippen molar-refractivity contribution in [3.05, 3.63) is 10.8 Å². The molecular weight excluding hydrogens is 310 g/mol. The van der Waals surface area contributed by atoms with E-state index in [0.29, 0.717) is 13.0 Å². The average Bonchev–Trinajstić information content (AvgIpc) is 2.43. The fraction of sp³-hybridized carbons (Fsp3) is 0.583. The van der Waals surface area contributed by atoms with Gasteiger partial charge in [0.1, 0.15) is 22.4 Å². The number of carbonyl (C=O) groups is 1. The van der Waals surface area contributed by atoms with Crippen LogP contribution in [0.25, 0.3) is 0 Å². The zero-order valence-electron chi connectivity index (χ0n) is 11.5. The largest absolute Gasteiger partial charge is 0.369 e. The second kappa shape index (κ2) is 7.93. The third kappa shape index (κ3) is 4.66. The summed E-state index contributed by atoms with van der Waals surface area (Å²) in [6.07, 6.45) is 2.98. The summed E-state index contributed by atoms with van der Waals surface area (Å²) in [6.45, 7) is 3.55. The van der Waals surface area contributed by atoms with Gasteiger partial charge in [0.15, 0.2) is 0 Å². The monoisotopic (exact) mass is 329 g/mol. The molecule has 1 rings (SSSR count). The number of nitrogens with one attached hydrogen (secondary N) is 2. The molecule has 0 aliphatic heterocycles. The second-order valence-electron chi connectivity index (χ2n) is 4.13. The topological polar surface area (TPSA) is 70.2 Å². The predicted molar refractivity (Wildman–Crippen MR) is 80.5 cm³/mol. The van der Waals surface area contributed by atoms with Gasteiger partial charge in [-0.1, -0.05) is 6.92 Å². The minimum atomic E-state index is 0.0151. The van der Waals surface area contributed by atoms with E-state index in [1.165, 1.54) is 6.33 Å². The van der Waals surface area contributed by atoms with Gasteiger partial charge in [-0.05, 0) is 22.4 Å². The lowest BCUT2D eigenvalue weighted by Crippen LogP contribution is -2.27. The first-order chi connectivity index (χ1) is 9.10. The van der Waals surface area contributed by atoms with Crippen LogP contribution in [-0.4, -0.2) is 43.1 Å². The highest BCUT2D eigenvalue weighted by atomic mass is 79.9. The highest BCUT2D eigenvalue weighted by Gasteiger charge is 2.13. The van der Waals surface area contributed by atoms with Crippen molar-refractivity contribution in [2.24, 2.45) is 0 Å². The van der Waals surface area contributed by atoms with E-state index < -0.39 is 0 Å². The van der Waals surface area contributed by atoms with Crippen molar-refractivity contribution in [2.45, 2.75) is 19.8 Å². The number of hydrogen-bond acceptors (Lipinski definition) is 5. The van der Waals surface area contributed by atoms with Crippen molar-refractivity contribution in [3.8, 4) is 0 Å². The van der Waals surface area contributed by atoms with Crippen molar-refractivity contribution in [3.63, 3.8) is 0 Å². The van der Waals surface area contributed by atoms with Gasteiger partial charge in [-0.3, -0.25) is 4.79 Å². The van der Waals surface area contributed by atoms with Crippen molar-refractivity contribution in [1.82, 2.24) is 15.3 Å². The minimum absolute atomic E-state index is 0.0151. The van der Waals surface area contributed by atoms with Crippen molar-refractivity contribution < 1.29 is 4.79 Å². The Morgan fingerprint density at radius 1 is 1.47 bits per heavy atom. The van der Waals surface area contributed by atoms with E-state index in [9.17, 15) is 4.79 Å². The molecule has 0 aliphatic carbocycles. The van der Waals surface area contributed by atoms with E-state index in [4.69, 9.17) is 0 Å². The van der Waals surface area contributed by atoms with Gasteiger partial charge in [0.05, 0.1) is 0 Å². The van der Waals surface area contributed by atoms with E-state index in [1.54, 1.807) is 7.05 Å². The third-order valence-corrected chi connectivity index (χ3v) is 3.36. The van der Waals surface area contributed by atoms with Crippen LogP contribution in [0.15, 0.2) is 10.8 Å². The number of nitrogens with zero attached hydrogens (tertiary/aromatic N) is 3. The second-order valence-corrected chi connectivity index (χ2v) is 4.92. The Hall–Kier alpha value is -1.37. The molecule has 1 heterocycles. The molecule has 0 bridgehead atoms. The molecule has 7 heteroatoms. The number of rotatable bonds is 7. The van der Waals surface area contributed by atoms with Gasteiger partial charge in [0, 0.05) is 33.6 Å². The molecule has 0 aromatic carbocycles. The summed E-state index contributed by atoms with van der Waals surface area (Å²) in [5, 5.41) is 5.83. The maximum Gasteiger partial charge on any atom is 0.221 e. The highest BCUT2D eigenvalue weighted by Crippen LogP contribution is 2.28. The molecule has 0 unspecified atom stereocenters. The quantitative estimate of drug-likeness (QED) is 0.795. The first-order valence-electron chi connectivity index (χ1n) is 6.26. The Morgan fingerprint density at radius 3 is 2.84 bits per heavy atom. The molecule has 0 spiro atoms. The molecule has 0 saturated heterocycles. The van der Waals surface area contributed by atoms with Crippen LogP contribution in [0.1, 0.15) is 19.8 Å². The molecule has 1 aromatic rings. The van der Waals surface area contributed by atoms with Crippen molar-refractivity contribution in [2.75, 3.05) is 37.4 Å². The van der Waals surface area contributed by atoms with Crippen LogP contribution in [0.3, 0.4) is 0 Å². The van der Waals surface area contributed by atoms with Gasteiger partial charge in [-0.15, -0.1) is 0 Å². The van der Waals surface area contributed by atoms with Crippen LogP contribution in [0.5, 0.6) is 0 Å². The Bertz CT molecular complexity index is 427. The molecule has 1 aromatic heterocycles. The molecule has 0 atom stereocenters. The number of carbonyl (C=O) groups excluding carboxylic acids is 1. The molecule has 0 radical (unpaired) electrons. The summed E-state index contributed by atoms with van der Waals surface area (Å²) >= 11 is 3.51. The van der Waals surface area contributed by atoms with Crippen molar-refractivity contribution in [1.29, 1.82) is 0 Å². The molecule has 0 aliphatic rings. The summed E-state index contributed by atoms with van der Waals surface area (Å²) in [5.41, 5.74) is 0. The number of aromatic nitrogens is 2. The van der Waals surface area contributed by atoms with Crippen LogP contribution >= 0.6 is 15.9 Å². The maximum atomic E-state index is 11.2. The average molecular weight is 330 g/mol. The summed E-state index contributed by atoms with van der Waals surface area (Å²) < 4.78 is 0.822. The summed E-state index contributed by atoms with van der Waals surface area (Å²) in [6, 6.07) is 0. The lowest BCUT2D eigenvalue weighted by atomic mass is 10.3. The molecular formula is C12H20BrN5O. The van der Waals surface area contributed by atoms with Gasteiger partial charge in [0.25, 0.3) is 0 Å². The van der Waals surface area contributed by atoms with Gasteiger partial charge >= 0.3 is 0 Å². The minimum Gasteiger partial charge on any atom is -0.369 e. The maximum absolute atomic E-state index is 11.2. The highest BCUT2D eigenvalue weighted by molar-refractivity contribution is 9.10. The zero-order valence-corrected chi connectivity index (χ0v) is 13.1. The first-order valence-corrected chi connectivity index (χ1v) is 7.05. The Balaban J connectivity index is 2.73. The number of halogens is 1. The standard InChI is InChI=1S/C12H20BrN5O/c1-4-6-15-11-10(13)12(17-8-16-11)18(3)7-5-9(19)14-2/h8H,4-7H2,1-3H3,(H,14,19)(H,15,16,17). The smallest absolute Gasteiger partial charge is 0.221 e. The van der Waals surface area contributed by atoms with E-state index in [-0.39, 0.29) is 5.91 Å². The summed E-state index contributed by atoms with van der Waals surface area (Å²) in [7, 11) is 3.54. The van der Waals surface area contributed by atoms with E-state index >= 15 is 0 Å². The SMILES string of the molecule is CCCNc1ncnc(N(C)CCC(=O)NC)c1Br. The number of hydrogen-bond donors (Lipinski definition) is 2. The lowest BCUT2D eigenvalue weighted by Gasteiger charge is -2.20. The van der Waals surface area contributed by atoms with Crippen LogP contribution in [0.2, 0.25) is 0 Å². The van der Waals surface area contributed by atoms with Gasteiger partial charge in [-0.2, -0.15) is 0 Å². The van der Waals surface area contributed by atoms with Crippen molar-refractivity contribution >= 4 is 33.5 Å². The molecule has 2 N–H and O–H groups in total. The number of anilines is 2. The lowest BCUT2D eigenvalue weighted by molar-refractivity contribution is -0.120. The van der Waals surface area contributed by atoms with Crippen LogP contribution in [0.4, 0.5) is 11.6 Å². The molecule has 106 valence electrons. The normalized spacial score (nSPS) is 10.1. The molecule has 1 amide bonds. The van der Waals surface area contributed by atoms with Gasteiger partial charge in [-0.25, -0.2) is 9.97 Å². The fourth-order valence-electron chi connectivity index (χ4n) is 1.49. The van der Waals surface area contributed by atoms with Crippen LogP contribution < -0.4 is 15.5 Å². The van der Waals surface area contributed by atoms with Crippen LogP contribution in [-0.2, 0) is 4.79 Å². The Morgan fingerprint density at radius 2 is 2.21 bits per heavy atom. The molecule has 0 saturated carbocycles. The molecule has 0 fully saturated rings. The van der Waals surface area contributed by atoms with Crippen LogP contribution in [0, 0.1) is 0 Å². The first kappa shape index (κ1) is 15.7.